The van der Waals surface area contributed by atoms with Gasteiger partial charge in [-0.1, -0.05) is 18.2 Å². The minimum Gasteiger partial charge on any atom is -0.497 e. The second-order valence-corrected chi connectivity index (χ2v) is 7.14. The average molecular weight is 404 g/mol. The summed E-state index contributed by atoms with van der Waals surface area (Å²) in [5.41, 5.74) is 2.37. The van der Waals surface area contributed by atoms with Crippen molar-refractivity contribution >= 4 is 0 Å². The Morgan fingerprint density at radius 1 is 1.00 bits per heavy atom. The third kappa shape index (κ3) is 7.93. The summed E-state index contributed by atoms with van der Waals surface area (Å²) in [5.74, 6) is 2.32. The number of aryl methyl sites for hydroxylation is 1. The highest BCUT2D eigenvalue weighted by Crippen LogP contribution is 2.24. The Balaban J connectivity index is 1.71. The van der Waals surface area contributed by atoms with Crippen molar-refractivity contribution in [3.63, 3.8) is 0 Å². The zero-order chi connectivity index (χ0) is 21.1. The molecular weight excluding hydrogens is 370 g/mol. The fraction of sp³-hybridized carbons (Fsp3) is 0.478. The Labute approximate surface area is 173 Å². The van der Waals surface area contributed by atoms with Crippen LogP contribution in [-0.2, 0) is 13.0 Å². The number of hydrogen-bond acceptors (Lipinski definition) is 6. The van der Waals surface area contributed by atoms with Crippen LogP contribution in [0.1, 0.15) is 30.9 Å². The maximum atomic E-state index is 9.32. The summed E-state index contributed by atoms with van der Waals surface area (Å²) in [4.78, 5) is 0. The molecule has 2 aromatic carbocycles. The minimum atomic E-state index is -0.846. The van der Waals surface area contributed by atoms with E-state index in [0.29, 0.717) is 11.8 Å². The second kappa shape index (κ2) is 12.3. The van der Waals surface area contributed by atoms with Gasteiger partial charge in [0.2, 0.25) is 0 Å². The third-order valence-corrected chi connectivity index (χ3v) is 4.81. The first-order valence-electron chi connectivity index (χ1n) is 10.0. The van der Waals surface area contributed by atoms with Crippen LogP contribution in [-0.4, -0.2) is 49.8 Å². The summed E-state index contributed by atoms with van der Waals surface area (Å²) < 4.78 is 16.1. The highest BCUT2D eigenvalue weighted by atomic mass is 16.5. The molecule has 0 aliphatic rings. The Bertz CT molecular complexity index is 720. The van der Waals surface area contributed by atoms with Crippen LogP contribution in [0.2, 0.25) is 0 Å². The molecular formula is C23H33NO5. The molecule has 2 rings (SSSR count). The van der Waals surface area contributed by atoms with E-state index in [4.69, 9.17) is 19.3 Å². The molecule has 0 saturated carbocycles. The predicted molar refractivity (Wildman–Crippen MR) is 114 cm³/mol. The molecule has 160 valence electrons. The first-order chi connectivity index (χ1) is 14.0. The van der Waals surface area contributed by atoms with Gasteiger partial charge in [-0.25, -0.2) is 0 Å². The fourth-order valence-electron chi connectivity index (χ4n) is 2.99. The lowest BCUT2D eigenvalue weighted by Crippen LogP contribution is -2.25. The molecule has 6 nitrogen and oxygen atoms in total. The highest BCUT2D eigenvalue weighted by molar-refractivity contribution is 5.40. The molecule has 6 heteroatoms. The molecule has 1 unspecified atom stereocenters. The van der Waals surface area contributed by atoms with Crippen molar-refractivity contribution in [3.05, 3.63) is 53.6 Å². The minimum absolute atomic E-state index is 0.0952. The molecule has 0 radical (unpaired) electrons. The normalized spacial score (nSPS) is 13.0. The molecule has 0 saturated heterocycles. The highest BCUT2D eigenvalue weighted by Gasteiger charge is 2.08. The van der Waals surface area contributed by atoms with Crippen molar-refractivity contribution in [3.8, 4) is 17.2 Å². The van der Waals surface area contributed by atoms with Gasteiger partial charge in [0.05, 0.1) is 20.8 Å². The molecule has 2 aromatic rings. The first kappa shape index (κ1) is 23.0. The van der Waals surface area contributed by atoms with Gasteiger partial charge in [-0.2, -0.15) is 0 Å². The van der Waals surface area contributed by atoms with Gasteiger partial charge in [-0.15, -0.1) is 0 Å². The zero-order valence-corrected chi connectivity index (χ0v) is 17.6. The quantitative estimate of drug-likeness (QED) is 0.477. The third-order valence-electron chi connectivity index (χ3n) is 4.81. The molecule has 0 spiro atoms. The van der Waals surface area contributed by atoms with Gasteiger partial charge in [0, 0.05) is 24.2 Å². The maximum Gasteiger partial charge on any atom is 0.127 e. The lowest BCUT2D eigenvalue weighted by Gasteiger charge is -2.16. The molecule has 0 amide bonds. The predicted octanol–water partition coefficient (Wildman–Crippen LogP) is 2.94. The smallest absolute Gasteiger partial charge is 0.127 e. The summed E-state index contributed by atoms with van der Waals surface area (Å²) in [5, 5.41) is 21.7. The van der Waals surface area contributed by atoms with Crippen LogP contribution in [0.25, 0.3) is 0 Å². The first-order valence-corrected chi connectivity index (χ1v) is 10.0. The van der Waals surface area contributed by atoms with Gasteiger partial charge < -0.3 is 29.7 Å². The molecule has 0 heterocycles. The van der Waals surface area contributed by atoms with E-state index >= 15 is 0 Å². The van der Waals surface area contributed by atoms with E-state index in [1.165, 1.54) is 5.56 Å². The largest absolute Gasteiger partial charge is 0.497 e. The van der Waals surface area contributed by atoms with Crippen LogP contribution in [0.3, 0.4) is 0 Å². The summed E-state index contributed by atoms with van der Waals surface area (Å²) in [7, 11) is 3.32. The van der Waals surface area contributed by atoms with Gasteiger partial charge in [-0.05, 0) is 49.9 Å². The lowest BCUT2D eigenvalue weighted by molar-refractivity contribution is 0.0536. The maximum absolute atomic E-state index is 9.32. The van der Waals surface area contributed by atoms with E-state index in [9.17, 15) is 5.11 Å². The van der Waals surface area contributed by atoms with Crippen molar-refractivity contribution in [2.24, 2.45) is 0 Å². The zero-order valence-electron chi connectivity index (χ0n) is 17.6. The van der Waals surface area contributed by atoms with Crippen molar-refractivity contribution in [2.75, 3.05) is 27.4 Å². The SMILES string of the molecule is COc1ccc(CNC(C)CCCc2ccc(OC[C@@H](O)CO)cc2)c(OC)c1. The van der Waals surface area contributed by atoms with Crippen molar-refractivity contribution in [1.82, 2.24) is 5.32 Å². The van der Waals surface area contributed by atoms with Crippen LogP contribution >= 0.6 is 0 Å². The average Bonchev–Trinajstić information content (AvgIpc) is 2.76. The van der Waals surface area contributed by atoms with Gasteiger partial charge >= 0.3 is 0 Å². The lowest BCUT2D eigenvalue weighted by atomic mass is 10.0. The van der Waals surface area contributed by atoms with E-state index in [1.807, 2.05) is 42.5 Å². The molecule has 29 heavy (non-hydrogen) atoms. The van der Waals surface area contributed by atoms with E-state index in [-0.39, 0.29) is 13.2 Å². The summed E-state index contributed by atoms with van der Waals surface area (Å²) in [6.07, 6.45) is 2.30. The number of benzene rings is 2. The number of methoxy groups -OCH3 is 2. The molecule has 0 aliphatic heterocycles. The molecule has 0 aliphatic carbocycles. The Kier molecular flexibility index (Phi) is 9.77. The Morgan fingerprint density at radius 3 is 2.38 bits per heavy atom. The molecule has 0 fully saturated rings. The molecule has 2 atom stereocenters. The number of ether oxygens (including phenoxy) is 3. The number of nitrogens with one attached hydrogen (secondary N) is 1. The van der Waals surface area contributed by atoms with Crippen LogP contribution in [0, 0.1) is 0 Å². The van der Waals surface area contributed by atoms with Crippen molar-refractivity contribution in [2.45, 2.75) is 44.9 Å². The van der Waals surface area contributed by atoms with Crippen molar-refractivity contribution in [1.29, 1.82) is 0 Å². The summed E-state index contributed by atoms with van der Waals surface area (Å²) >= 11 is 0. The molecule has 0 aromatic heterocycles. The monoisotopic (exact) mass is 403 g/mol. The van der Waals surface area contributed by atoms with Crippen LogP contribution in [0.15, 0.2) is 42.5 Å². The van der Waals surface area contributed by atoms with Gasteiger partial charge in [-0.3, -0.25) is 0 Å². The van der Waals surface area contributed by atoms with E-state index in [0.717, 1.165) is 42.9 Å². The van der Waals surface area contributed by atoms with Gasteiger partial charge in [0.15, 0.2) is 0 Å². The fourth-order valence-corrected chi connectivity index (χ4v) is 2.99. The van der Waals surface area contributed by atoms with E-state index < -0.39 is 6.10 Å². The van der Waals surface area contributed by atoms with E-state index in [2.05, 4.69) is 12.2 Å². The van der Waals surface area contributed by atoms with Gasteiger partial charge in [0.25, 0.3) is 0 Å². The van der Waals surface area contributed by atoms with Crippen LogP contribution in [0.4, 0.5) is 0 Å². The number of aliphatic hydroxyl groups excluding tert-OH is 2. The summed E-state index contributed by atoms with van der Waals surface area (Å²) in [6, 6.07) is 14.2. The van der Waals surface area contributed by atoms with Crippen LogP contribution in [0.5, 0.6) is 17.2 Å². The van der Waals surface area contributed by atoms with Crippen LogP contribution < -0.4 is 19.5 Å². The molecule has 0 bridgehead atoms. The van der Waals surface area contributed by atoms with E-state index in [1.54, 1.807) is 14.2 Å². The summed E-state index contributed by atoms with van der Waals surface area (Å²) in [6.45, 7) is 2.74. The van der Waals surface area contributed by atoms with Gasteiger partial charge in [0.1, 0.15) is 30.0 Å². The number of hydrogen-bond donors (Lipinski definition) is 3. The second-order valence-electron chi connectivity index (χ2n) is 7.14. The topological polar surface area (TPSA) is 80.2 Å². The standard InChI is InChI=1S/C23H33NO5/c1-17(24-14-19-9-12-22(27-2)13-23(19)28-3)5-4-6-18-7-10-21(11-8-18)29-16-20(26)15-25/h7-13,17,20,24-26H,4-6,14-16H2,1-3H3/t17?,20-/m0/s1. The number of aliphatic hydroxyl groups is 2. The Hall–Kier alpha value is -2.28. The number of rotatable bonds is 13. The molecule has 3 N–H and O–H groups in total. The van der Waals surface area contributed by atoms with Crippen molar-refractivity contribution < 1.29 is 24.4 Å². The Morgan fingerprint density at radius 2 is 1.72 bits per heavy atom.